The summed E-state index contributed by atoms with van der Waals surface area (Å²) < 4.78 is 15.2. The molecule has 0 spiro atoms. The summed E-state index contributed by atoms with van der Waals surface area (Å²) in [6, 6.07) is 13.4. The summed E-state index contributed by atoms with van der Waals surface area (Å²) in [4.78, 5) is 0. The molecule has 0 aliphatic heterocycles. The van der Waals surface area contributed by atoms with Crippen molar-refractivity contribution in [3.8, 4) is 34.5 Å². The van der Waals surface area contributed by atoms with Gasteiger partial charge in [-0.3, -0.25) is 0 Å². The first-order chi connectivity index (χ1) is 13.8. The fraction of sp³-hybridized carbons (Fsp3) is 0.182. The van der Waals surface area contributed by atoms with Gasteiger partial charge in [-0.2, -0.15) is 0 Å². The van der Waals surface area contributed by atoms with Crippen LogP contribution in [0.3, 0.4) is 0 Å². The predicted octanol–water partition coefficient (Wildman–Crippen LogP) is 3.11. The van der Waals surface area contributed by atoms with Crippen molar-refractivity contribution in [1.82, 2.24) is 0 Å². The summed E-state index contributed by atoms with van der Waals surface area (Å²) in [5.74, 6) is 0.223. The largest absolute Gasteiger partial charge is 0.504 e. The van der Waals surface area contributed by atoms with Gasteiger partial charge in [-0.15, -0.1) is 0 Å². The van der Waals surface area contributed by atoms with Crippen molar-refractivity contribution in [1.29, 1.82) is 0 Å². The molecule has 0 radical (unpaired) electrons. The van der Waals surface area contributed by atoms with Crippen molar-refractivity contribution in [3.05, 3.63) is 71.3 Å². The van der Waals surface area contributed by atoms with Crippen LogP contribution < -0.4 is 14.2 Å². The van der Waals surface area contributed by atoms with Gasteiger partial charge in [0, 0.05) is 0 Å². The van der Waals surface area contributed by atoms with Gasteiger partial charge in [0.25, 0.3) is 0 Å². The zero-order chi connectivity index (χ0) is 21.2. The van der Waals surface area contributed by atoms with Crippen LogP contribution in [0.4, 0.5) is 0 Å². The van der Waals surface area contributed by atoms with Crippen LogP contribution in [0.2, 0.25) is 0 Å². The van der Waals surface area contributed by atoms with Gasteiger partial charge in [0.2, 0.25) is 0 Å². The van der Waals surface area contributed by atoms with Gasteiger partial charge < -0.3 is 34.6 Å². The highest BCUT2D eigenvalue weighted by atomic mass is 16.5. The van der Waals surface area contributed by atoms with Gasteiger partial charge in [0.15, 0.2) is 34.5 Å². The van der Waals surface area contributed by atoms with Crippen LogP contribution in [0.25, 0.3) is 0 Å². The van der Waals surface area contributed by atoms with E-state index >= 15 is 0 Å². The highest BCUT2D eigenvalue weighted by Crippen LogP contribution is 2.44. The van der Waals surface area contributed by atoms with E-state index in [4.69, 9.17) is 14.2 Å². The van der Waals surface area contributed by atoms with Crippen LogP contribution in [-0.2, 0) is 5.60 Å². The van der Waals surface area contributed by atoms with Crippen molar-refractivity contribution in [2.24, 2.45) is 0 Å². The van der Waals surface area contributed by atoms with Gasteiger partial charge in [-0.25, -0.2) is 0 Å². The molecule has 3 aromatic carbocycles. The molecule has 0 bridgehead atoms. The molecular formula is C22H22O7. The van der Waals surface area contributed by atoms with Crippen LogP contribution in [0.5, 0.6) is 34.5 Å². The lowest BCUT2D eigenvalue weighted by Crippen LogP contribution is -2.28. The van der Waals surface area contributed by atoms with Crippen molar-refractivity contribution in [3.63, 3.8) is 0 Å². The van der Waals surface area contributed by atoms with E-state index in [-0.39, 0.29) is 34.5 Å². The Hall–Kier alpha value is -3.58. The molecule has 152 valence electrons. The second-order valence-electron chi connectivity index (χ2n) is 6.37. The monoisotopic (exact) mass is 398 g/mol. The Morgan fingerprint density at radius 3 is 1.03 bits per heavy atom. The molecule has 3 aromatic rings. The first-order valence-electron chi connectivity index (χ1n) is 8.70. The summed E-state index contributed by atoms with van der Waals surface area (Å²) >= 11 is 0. The Bertz CT molecular complexity index is 900. The number of ether oxygens (including phenoxy) is 3. The Balaban J connectivity index is 2.27. The predicted molar refractivity (Wildman–Crippen MR) is 106 cm³/mol. The second-order valence-corrected chi connectivity index (χ2v) is 6.37. The van der Waals surface area contributed by atoms with Crippen molar-refractivity contribution < 1.29 is 34.6 Å². The lowest BCUT2D eigenvalue weighted by atomic mass is 9.80. The molecule has 4 N–H and O–H groups in total. The number of phenols is 3. The number of rotatable bonds is 6. The number of benzene rings is 3. The Kier molecular flexibility index (Phi) is 5.43. The average Bonchev–Trinajstić information content (AvgIpc) is 2.72. The zero-order valence-corrected chi connectivity index (χ0v) is 16.2. The molecule has 0 amide bonds. The molecule has 0 heterocycles. The summed E-state index contributed by atoms with van der Waals surface area (Å²) in [5, 5.41) is 42.6. The number of hydrogen-bond acceptors (Lipinski definition) is 7. The first-order valence-corrected chi connectivity index (χ1v) is 8.70. The van der Waals surface area contributed by atoms with E-state index in [9.17, 15) is 20.4 Å². The summed E-state index contributed by atoms with van der Waals surface area (Å²) in [5.41, 5.74) is -0.933. The molecule has 0 aromatic heterocycles. The smallest absolute Gasteiger partial charge is 0.160 e. The summed E-state index contributed by atoms with van der Waals surface area (Å²) in [6.45, 7) is 0. The van der Waals surface area contributed by atoms with Crippen LogP contribution in [-0.4, -0.2) is 41.8 Å². The molecule has 0 saturated carbocycles. The minimum atomic E-state index is -1.82. The minimum Gasteiger partial charge on any atom is -0.504 e. The second kappa shape index (κ2) is 7.81. The maximum Gasteiger partial charge on any atom is 0.160 e. The minimum absolute atomic E-state index is 0.168. The van der Waals surface area contributed by atoms with Gasteiger partial charge in [0.1, 0.15) is 5.60 Å². The third-order valence-corrected chi connectivity index (χ3v) is 4.79. The highest BCUT2D eigenvalue weighted by Gasteiger charge is 2.36. The normalized spacial score (nSPS) is 11.2. The summed E-state index contributed by atoms with van der Waals surface area (Å²) in [6.07, 6.45) is 0. The van der Waals surface area contributed by atoms with E-state index in [1.165, 1.54) is 57.7 Å². The van der Waals surface area contributed by atoms with Crippen LogP contribution in [0.1, 0.15) is 16.7 Å². The van der Waals surface area contributed by atoms with Crippen molar-refractivity contribution >= 4 is 0 Å². The SMILES string of the molecule is COc1ccc(C(O)(c2ccc(OC)c(O)c2)c2ccc(OC)c(O)c2)cc1O. The van der Waals surface area contributed by atoms with Crippen LogP contribution >= 0.6 is 0 Å². The zero-order valence-electron chi connectivity index (χ0n) is 16.2. The van der Waals surface area contributed by atoms with E-state index in [1.807, 2.05) is 0 Å². The van der Waals surface area contributed by atoms with Crippen molar-refractivity contribution in [2.75, 3.05) is 21.3 Å². The molecule has 3 rings (SSSR count). The molecule has 7 nitrogen and oxygen atoms in total. The number of aliphatic hydroxyl groups is 1. The molecule has 0 aliphatic rings. The first kappa shape index (κ1) is 20.2. The van der Waals surface area contributed by atoms with E-state index in [0.29, 0.717) is 16.7 Å². The molecule has 0 fully saturated rings. The fourth-order valence-corrected chi connectivity index (χ4v) is 3.25. The maximum atomic E-state index is 11.8. The topological polar surface area (TPSA) is 109 Å². The van der Waals surface area contributed by atoms with E-state index in [2.05, 4.69) is 0 Å². The van der Waals surface area contributed by atoms with E-state index in [1.54, 1.807) is 18.2 Å². The fourth-order valence-electron chi connectivity index (χ4n) is 3.25. The third-order valence-electron chi connectivity index (χ3n) is 4.79. The quantitative estimate of drug-likeness (QED) is 0.473. The summed E-state index contributed by atoms with van der Waals surface area (Å²) in [7, 11) is 4.26. The molecular weight excluding hydrogens is 376 g/mol. The molecule has 0 unspecified atom stereocenters. The van der Waals surface area contributed by atoms with Gasteiger partial charge in [-0.1, -0.05) is 18.2 Å². The number of methoxy groups -OCH3 is 3. The average molecular weight is 398 g/mol. The Morgan fingerprint density at radius 1 is 0.552 bits per heavy atom. The standard InChI is InChI=1S/C22H22O7/c1-27-19-7-4-13(10-16(19)23)22(26,14-5-8-20(28-2)17(24)11-14)15-6-9-21(29-3)18(25)12-15/h4-12,23-26H,1-3H3. The Labute approximate surface area is 168 Å². The number of aromatic hydroxyl groups is 3. The third kappa shape index (κ3) is 3.48. The van der Waals surface area contributed by atoms with E-state index < -0.39 is 5.60 Å². The molecule has 29 heavy (non-hydrogen) atoms. The molecule has 0 atom stereocenters. The molecule has 0 aliphatic carbocycles. The van der Waals surface area contributed by atoms with Crippen LogP contribution in [0.15, 0.2) is 54.6 Å². The number of hydrogen-bond donors (Lipinski definition) is 4. The van der Waals surface area contributed by atoms with Gasteiger partial charge in [0.05, 0.1) is 21.3 Å². The Morgan fingerprint density at radius 2 is 0.828 bits per heavy atom. The lowest BCUT2D eigenvalue weighted by Gasteiger charge is -2.31. The van der Waals surface area contributed by atoms with Gasteiger partial charge >= 0.3 is 0 Å². The van der Waals surface area contributed by atoms with E-state index in [0.717, 1.165) is 0 Å². The van der Waals surface area contributed by atoms with Gasteiger partial charge in [-0.05, 0) is 53.1 Å². The van der Waals surface area contributed by atoms with Crippen LogP contribution in [0, 0.1) is 0 Å². The highest BCUT2D eigenvalue weighted by molar-refractivity contribution is 5.57. The molecule has 0 saturated heterocycles. The number of phenolic OH excluding ortho intramolecular Hbond substituents is 3. The lowest BCUT2D eigenvalue weighted by molar-refractivity contribution is 0.124. The maximum absolute atomic E-state index is 11.8. The van der Waals surface area contributed by atoms with Crippen molar-refractivity contribution in [2.45, 2.75) is 5.60 Å². The molecule has 7 heteroatoms.